The molecule has 0 radical (unpaired) electrons. The van der Waals surface area contributed by atoms with Crippen LogP contribution in [0.25, 0.3) is 22.6 Å². The summed E-state index contributed by atoms with van der Waals surface area (Å²) < 4.78 is 0. The molecule has 4 rings (SSSR count). The number of thiophene rings is 1. The van der Waals surface area contributed by atoms with Crippen LogP contribution < -0.4 is 0 Å². The van der Waals surface area contributed by atoms with E-state index >= 15 is 0 Å². The first-order valence-corrected chi connectivity index (χ1v) is 9.58. The van der Waals surface area contributed by atoms with Crippen molar-refractivity contribution in [2.45, 2.75) is 20.4 Å². The van der Waals surface area contributed by atoms with Crippen molar-refractivity contribution in [1.82, 2.24) is 9.88 Å². The van der Waals surface area contributed by atoms with Crippen LogP contribution in [0.3, 0.4) is 0 Å². The van der Waals surface area contributed by atoms with Crippen molar-refractivity contribution in [1.29, 1.82) is 0 Å². The van der Waals surface area contributed by atoms with Crippen molar-refractivity contribution in [3.8, 4) is 0 Å². The average Bonchev–Trinajstić information content (AvgIpc) is 3.04. The Morgan fingerprint density at radius 1 is 1.30 bits per heavy atom. The van der Waals surface area contributed by atoms with Gasteiger partial charge in [-0.25, -0.2) is 9.78 Å². The Balaban J connectivity index is 0.00000210. The normalized spacial score (nSPS) is 15.6. The molecule has 1 aromatic carbocycles. The lowest BCUT2D eigenvalue weighted by Gasteiger charge is -2.30. The molecule has 1 aliphatic heterocycles. The molecule has 1 aliphatic rings. The van der Waals surface area contributed by atoms with Crippen molar-refractivity contribution < 1.29 is 9.90 Å². The van der Waals surface area contributed by atoms with Crippen molar-refractivity contribution in [2.24, 2.45) is 0 Å². The molecule has 0 bridgehead atoms. The molecule has 27 heavy (non-hydrogen) atoms. The van der Waals surface area contributed by atoms with E-state index in [0.29, 0.717) is 17.5 Å². The number of aromatic nitrogens is 1. The van der Waals surface area contributed by atoms with E-state index in [0.717, 1.165) is 35.4 Å². The highest BCUT2D eigenvalue weighted by atomic mass is 35.5. The monoisotopic (exact) mass is 400 g/mol. The van der Waals surface area contributed by atoms with Crippen LogP contribution in [0.1, 0.15) is 39.0 Å². The second-order valence-electron chi connectivity index (χ2n) is 6.58. The number of halogens is 1. The van der Waals surface area contributed by atoms with Crippen molar-refractivity contribution in [3.63, 3.8) is 0 Å². The number of benzene rings is 1. The first-order chi connectivity index (χ1) is 12.6. The molecule has 0 spiro atoms. The quantitative estimate of drug-likeness (QED) is 0.664. The van der Waals surface area contributed by atoms with E-state index in [9.17, 15) is 9.90 Å². The summed E-state index contributed by atoms with van der Waals surface area (Å²) >= 11 is 1.70. The fraction of sp³-hybridized carbons (Fsp3) is 0.238. The van der Waals surface area contributed by atoms with Gasteiger partial charge in [-0.1, -0.05) is 25.1 Å². The summed E-state index contributed by atoms with van der Waals surface area (Å²) in [5.74, 6) is -0.885. The summed E-state index contributed by atoms with van der Waals surface area (Å²) in [6, 6.07) is 9.62. The van der Waals surface area contributed by atoms with Crippen LogP contribution in [0.5, 0.6) is 0 Å². The lowest BCUT2D eigenvalue weighted by molar-refractivity contribution is 0.0696. The van der Waals surface area contributed by atoms with Gasteiger partial charge in [0.25, 0.3) is 0 Å². The Hall–Kier alpha value is -2.21. The summed E-state index contributed by atoms with van der Waals surface area (Å²) in [7, 11) is 0. The van der Waals surface area contributed by atoms with E-state index in [4.69, 9.17) is 4.98 Å². The van der Waals surface area contributed by atoms with Gasteiger partial charge in [-0.2, -0.15) is 0 Å². The minimum Gasteiger partial charge on any atom is -0.478 e. The van der Waals surface area contributed by atoms with Crippen LogP contribution in [-0.2, 0) is 6.54 Å². The molecule has 0 saturated heterocycles. The predicted octanol–water partition coefficient (Wildman–Crippen LogP) is 5.10. The smallest absolute Gasteiger partial charge is 0.336 e. The number of hydrogen-bond donors (Lipinski definition) is 1. The predicted molar refractivity (Wildman–Crippen MR) is 114 cm³/mol. The minimum absolute atomic E-state index is 0. The maximum absolute atomic E-state index is 12.1. The number of aryl methyl sites for hydroxylation is 1. The summed E-state index contributed by atoms with van der Waals surface area (Å²) in [5.41, 5.74) is 5.10. The van der Waals surface area contributed by atoms with Gasteiger partial charge < -0.3 is 5.11 Å². The van der Waals surface area contributed by atoms with Crippen molar-refractivity contribution in [2.75, 3.05) is 13.1 Å². The van der Waals surface area contributed by atoms with Crippen LogP contribution in [0.15, 0.2) is 35.7 Å². The lowest BCUT2D eigenvalue weighted by Crippen LogP contribution is -2.31. The third kappa shape index (κ3) is 3.50. The summed E-state index contributed by atoms with van der Waals surface area (Å²) in [4.78, 5) is 20.4. The number of carboxylic acid groups (broad SMARTS) is 1. The van der Waals surface area contributed by atoms with Crippen LogP contribution in [0.2, 0.25) is 0 Å². The highest BCUT2D eigenvalue weighted by molar-refractivity contribution is 7.11. The molecule has 3 heterocycles. The standard InChI is InChI=1S/C21H20N2O2S.ClH/c1-3-23-11-14(10-18-13(2)8-9-26-18)20-16(12-23)19(21(24)25)15-6-4-5-7-17(15)22-20;/h4-10H,3,11-12H2,1-2H3,(H,24,25);1H/b14-10-;. The number of carbonyl (C=O) groups is 1. The second kappa shape index (κ2) is 7.80. The van der Waals surface area contributed by atoms with Gasteiger partial charge in [-0.3, -0.25) is 4.90 Å². The molecule has 0 aliphatic carbocycles. The number of para-hydroxylation sites is 1. The summed E-state index contributed by atoms with van der Waals surface area (Å²) in [6.07, 6.45) is 2.17. The van der Waals surface area contributed by atoms with Crippen LogP contribution in [0, 0.1) is 6.92 Å². The number of fused-ring (bicyclic) bond motifs is 2. The number of pyridine rings is 1. The van der Waals surface area contributed by atoms with E-state index in [1.54, 1.807) is 11.3 Å². The lowest BCUT2D eigenvalue weighted by atomic mass is 9.92. The summed E-state index contributed by atoms with van der Waals surface area (Å²) in [6.45, 7) is 6.47. The molecule has 0 saturated carbocycles. The molecule has 4 nitrogen and oxygen atoms in total. The third-order valence-corrected chi connectivity index (χ3v) is 5.91. The maximum atomic E-state index is 12.1. The molecule has 140 valence electrons. The number of likely N-dealkylation sites (N-methyl/N-ethyl adjacent to an activating group) is 1. The number of aromatic carboxylic acids is 1. The van der Waals surface area contributed by atoms with Crippen molar-refractivity contribution in [3.05, 3.63) is 63.0 Å². The molecule has 0 amide bonds. The fourth-order valence-corrected chi connectivity index (χ4v) is 4.42. The molecule has 0 unspecified atom stereocenters. The van der Waals surface area contributed by atoms with Gasteiger partial charge in [-0.15, -0.1) is 23.7 Å². The van der Waals surface area contributed by atoms with Crippen LogP contribution >= 0.6 is 23.7 Å². The number of nitrogens with zero attached hydrogens (tertiary/aromatic N) is 2. The SMILES string of the molecule is CCN1C/C(=C/c2sccc2C)c2nc3ccccc3c(C(=O)O)c2C1.Cl. The minimum atomic E-state index is -0.885. The van der Waals surface area contributed by atoms with E-state index in [1.165, 1.54) is 10.4 Å². The zero-order valence-electron chi connectivity index (χ0n) is 15.2. The molecule has 0 fully saturated rings. The largest absolute Gasteiger partial charge is 0.478 e. The van der Waals surface area contributed by atoms with Gasteiger partial charge in [0.2, 0.25) is 0 Å². The zero-order valence-corrected chi connectivity index (χ0v) is 16.9. The molecule has 6 heteroatoms. The zero-order chi connectivity index (χ0) is 18.3. The van der Waals surface area contributed by atoms with Crippen molar-refractivity contribution >= 4 is 52.3 Å². The highest BCUT2D eigenvalue weighted by Gasteiger charge is 2.28. The summed E-state index contributed by atoms with van der Waals surface area (Å²) in [5, 5.41) is 12.7. The van der Waals surface area contributed by atoms with E-state index in [2.05, 4.69) is 36.3 Å². The Labute approximate surface area is 168 Å². The molecule has 2 aromatic heterocycles. The average molecular weight is 401 g/mol. The number of hydrogen-bond acceptors (Lipinski definition) is 4. The van der Waals surface area contributed by atoms with E-state index in [-0.39, 0.29) is 12.4 Å². The Bertz CT molecular complexity index is 1040. The van der Waals surface area contributed by atoms with Crippen LogP contribution in [0.4, 0.5) is 0 Å². The number of rotatable bonds is 3. The van der Waals surface area contributed by atoms with Gasteiger partial charge in [0.15, 0.2) is 0 Å². The van der Waals surface area contributed by atoms with Gasteiger partial charge in [0.05, 0.1) is 16.8 Å². The Morgan fingerprint density at radius 2 is 2.07 bits per heavy atom. The van der Waals surface area contributed by atoms with E-state index in [1.807, 2.05) is 24.3 Å². The molecule has 3 aromatic rings. The first kappa shape index (κ1) is 19.5. The fourth-order valence-electron chi connectivity index (χ4n) is 3.54. The van der Waals surface area contributed by atoms with Crippen LogP contribution in [-0.4, -0.2) is 34.0 Å². The highest BCUT2D eigenvalue weighted by Crippen LogP contribution is 2.34. The topological polar surface area (TPSA) is 53.4 Å². The Kier molecular flexibility index (Phi) is 5.65. The van der Waals surface area contributed by atoms with Gasteiger partial charge >= 0.3 is 5.97 Å². The number of carboxylic acids is 1. The second-order valence-corrected chi connectivity index (χ2v) is 7.52. The maximum Gasteiger partial charge on any atom is 0.336 e. The molecular weight excluding hydrogens is 380 g/mol. The van der Waals surface area contributed by atoms with Gasteiger partial charge in [-0.05, 0) is 48.2 Å². The molecule has 0 atom stereocenters. The first-order valence-electron chi connectivity index (χ1n) is 8.70. The van der Waals surface area contributed by atoms with Gasteiger partial charge in [0.1, 0.15) is 0 Å². The molecule has 1 N–H and O–H groups in total. The third-order valence-electron chi connectivity index (χ3n) is 4.94. The molecular formula is C21H21ClN2O2S. The Morgan fingerprint density at radius 3 is 2.74 bits per heavy atom. The van der Waals surface area contributed by atoms with E-state index < -0.39 is 5.97 Å². The van der Waals surface area contributed by atoms with Gasteiger partial charge in [0, 0.05) is 28.9 Å².